The van der Waals surface area contributed by atoms with E-state index in [1.807, 2.05) is 5.32 Å². The molecule has 1 aliphatic rings. The molecule has 2 nitrogen and oxygen atoms in total. The van der Waals surface area contributed by atoms with E-state index in [0.29, 0.717) is 13.1 Å². The molecule has 0 spiro atoms. The first-order valence-electron chi connectivity index (χ1n) is 5.12. The fourth-order valence-corrected chi connectivity index (χ4v) is 1.84. The Morgan fingerprint density at radius 2 is 1.12 bits per heavy atom. The Bertz CT molecular complexity index is 414. The van der Waals surface area contributed by atoms with Crippen molar-refractivity contribution in [2.24, 2.45) is 0 Å². The fraction of sp³-hybridized carbons (Fsp3) is 0.400. The standard InChI is InChI=1S/C10H9F5N2/c11-5-6(12)8(14)10(9(15)7(5)13)17-3-1-16-2-4-17/h16H,1-4H2/p+1. The van der Waals surface area contributed by atoms with E-state index in [-0.39, 0.29) is 13.1 Å². The highest BCUT2D eigenvalue weighted by Crippen LogP contribution is 2.29. The minimum Gasteiger partial charge on any atom is -0.355 e. The van der Waals surface area contributed by atoms with Gasteiger partial charge in [0.05, 0.1) is 26.2 Å². The van der Waals surface area contributed by atoms with Crippen LogP contribution in [0.3, 0.4) is 0 Å². The predicted octanol–water partition coefficient (Wildman–Crippen LogP) is 0.766. The predicted molar refractivity (Wildman–Crippen MR) is 50.1 cm³/mol. The van der Waals surface area contributed by atoms with Crippen molar-refractivity contribution in [2.45, 2.75) is 0 Å². The monoisotopic (exact) mass is 253 g/mol. The van der Waals surface area contributed by atoms with Gasteiger partial charge in [-0.2, -0.15) is 0 Å². The van der Waals surface area contributed by atoms with E-state index in [0.717, 1.165) is 0 Å². The highest BCUT2D eigenvalue weighted by Gasteiger charge is 2.30. The number of quaternary nitrogens is 1. The van der Waals surface area contributed by atoms with Crippen LogP contribution in [0.2, 0.25) is 0 Å². The molecule has 2 rings (SSSR count). The number of nitrogens with two attached hydrogens (primary N) is 1. The first-order valence-corrected chi connectivity index (χ1v) is 5.12. The molecule has 94 valence electrons. The number of piperazine rings is 1. The molecule has 1 aromatic rings. The zero-order valence-electron chi connectivity index (χ0n) is 8.74. The molecule has 0 unspecified atom stereocenters. The quantitative estimate of drug-likeness (QED) is 0.445. The zero-order chi connectivity index (χ0) is 12.6. The number of halogens is 5. The minimum absolute atomic E-state index is 0.248. The van der Waals surface area contributed by atoms with Crippen LogP contribution in [0.4, 0.5) is 27.6 Å². The average molecular weight is 253 g/mol. The number of anilines is 1. The molecule has 1 heterocycles. The third-order valence-corrected chi connectivity index (χ3v) is 2.71. The summed E-state index contributed by atoms with van der Waals surface area (Å²) in [5.41, 5.74) is -0.825. The summed E-state index contributed by atoms with van der Waals surface area (Å²) in [7, 11) is 0. The Morgan fingerprint density at radius 1 is 0.706 bits per heavy atom. The van der Waals surface area contributed by atoms with Crippen LogP contribution in [-0.4, -0.2) is 26.2 Å². The van der Waals surface area contributed by atoms with Crippen molar-refractivity contribution in [1.82, 2.24) is 0 Å². The summed E-state index contributed by atoms with van der Waals surface area (Å²) in [6.45, 7) is 1.61. The van der Waals surface area contributed by atoms with Gasteiger partial charge in [-0.05, 0) is 0 Å². The Hall–Kier alpha value is -1.37. The van der Waals surface area contributed by atoms with Gasteiger partial charge in [-0.25, -0.2) is 22.0 Å². The van der Waals surface area contributed by atoms with Crippen molar-refractivity contribution in [3.8, 4) is 0 Å². The smallest absolute Gasteiger partial charge is 0.200 e. The molecule has 2 N–H and O–H groups in total. The molecule has 0 aromatic heterocycles. The van der Waals surface area contributed by atoms with Gasteiger partial charge in [0.1, 0.15) is 5.69 Å². The molecule has 0 bridgehead atoms. The van der Waals surface area contributed by atoms with Gasteiger partial charge in [0.25, 0.3) is 0 Å². The van der Waals surface area contributed by atoms with Crippen molar-refractivity contribution < 1.29 is 27.3 Å². The van der Waals surface area contributed by atoms with Gasteiger partial charge >= 0.3 is 0 Å². The Balaban J connectivity index is 2.52. The fourth-order valence-electron chi connectivity index (χ4n) is 1.84. The Kier molecular flexibility index (Phi) is 3.19. The van der Waals surface area contributed by atoms with Gasteiger partial charge in [0, 0.05) is 0 Å². The largest absolute Gasteiger partial charge is 0.355 e. The lowest BCUT2D eigenvalue weighted by Crippen LogP contribution is -2.89. The summed E-state index contributed by atoms with van der Waals surface area (Å²) in [6.07, 6.45) is 0. The van der Waals surface area contributed by atoms with Crippen LogP contribution in [-0.2, 0) is 0 Å². The second-order valence-electron chi connectivity index (χ2n) is 3.77. The highest BCUT2D eigenvalue weighted by atomic mass is 19.2. The SMILES string of the molecule is Fc1c(F)c(F)c(N2CC[NH2+]CC2)c(F)c1F. The number of hydrogen-bond donors (Lipinski definition) is 1. The molecule has 1 aromatic carbocycles. The van der Waals surface area contributed by atoms with Gasteiger partial charge in [-0.15, -0.1) is 0 Å². The molecular weight excluding hydrogens is 243 g/mol. The van der Waals surface area contributed by atoms with E-state index < -0.39 is 34.8 Å². The van der Waals surface area contributed by atoms with Crippen LogP contribution in [0.15, 0.2) is 0 Å². The molecule has 0 aliphatic carbocycles. The summed E-state index contributed by atoms with van der Waals surface area (Å²) >= 11 is 0. The second kappa shape index (κ2) is 4.48. The first kappa shape index (κ1) is 12.1. The lowest BCUT2D eigenvalue weighted by atomic mass is 10.2. The topological polar surface area (TPSA) is 19.9 Å². The molecule has 0 saturated carbocycles. The summed E-state index contributed by atoms with van der Waals surface area (Å²) in [5.74, 6) is -9.43. The van der Waals surface area contributed by atoms with Gasteiger partial charge in [-0.1, -0.05) is 0 Å². The first-order chi connectivity index (χ1) is 8.04. The van der Waals surface area contributed by atoms with Gasteiger partial charge in [0.15, 0.2) is 23.3 Å². The second-order valence-corrected chi connectivity index (χ2v) is 3.77. The third-order valence-electron chi connectivity index (χ3n) is 2.71. The molecule has 17 heavy (non-hydrogen) atoms. The lowest BCUT2D eigenvalue weighted by molar-refractivity contribution is -0.655. The van der Waals surface area contributed by atoms with Crippen LogP contribution in [0.1, 0.15) is 0 Å². The van der Waals surface area contributed by atoms with Crippen LogP contribution in [0.25, 0.3) is 0 Å². The van der Waals surface area contributed by atoms with Crippen molar-refractivity contribution in [1.29, 1.82) is 0 Å². The van der Waals surface area contributed by atoms with Crippen LogP contribution >= 0.6 is 0 Å². The number of benzene rings is 1. The normalized spacial score (nSPS) is 16.4. The minimum atomic E-state index is -2.12. The maximum atomic E-state index is 13.4. The number of nitrogens with zero attached hydrogens (tertiary/aromatic N) is 1. The van der Waals surface area contributed by atoms with Gasteiger partial charge < -0.3 is 10.2 Å². The molecule has 1 saturated heterocycles. The van der Waals surface area contributed by atoms with E-state index in [1.54, 1.807) is 0 Å². The zero-order valence-corrected chi connectivity index (χ0v) is 8.74. The van der Waals surface area contributed by atoms with Crippen molar-refractivity contribution in [3.63, 3.8) is 0 Å². The highest BCUT2D eigenvalue weighted by molar-refractivity contribution is 5.50. The lowest BCUT2D eigenvalue weighted by Gasteiger charge is -2.28. The molecule has 1 fully saturated rings. The molecule has 7 heteroatoms. The van der Waals surface area contributed by atoms with E-state index in [2.05, 4.69) is 0 Å². The number of rotatable bonds is 1. The summed E-state index contributed by atoms with van der Waals surface area (Å²) in [4.78, 5) is 1.18. The maximum Gasteiger partial charge on any atom is 0.200 e. The van der Waals surface area contributed by atoms with Crippen molar-refractivity contribution in [3.05, 3.63) is 29.1 Å². The van der Waals surface area contributed by atoms with Crippen molar-refractivity contribution >= 4 is 5.69 Å². The summed E-state index contributed by atoms with van der Waals surface area (Å²) in [6, 6.07) is 0. The molecule has 0 amide bonds. The van der Waals surface area contributed by atoms with E-state index in [1.165, 1.54) is 4.90 Å². The molecule has 0 radical (unpaired) electrons. The Labute approximate surface area is 94.0 Å². The maximum absolute atomic E-state index is 13.4. The summed E-state index contributed by atoms with van der Waals surface area (Å²) < 4.78 is 65.6. The molecular formula is C10H10F5N2+. The van der Waals surface area contributed by atoms with Gasteiger partial charge in [-0.3, -0.25) is 0 Å². The molecule has 1 aliphatic heterocycles. The van der Waals surface area contributed by atoms with Gasteiger partial charge in [0.2, 0.25) is 5.82 Å². The van der Waals surface area contributed by atoms with Crippen LogP contribution < -0.4 is 10.2 Å². The van der Waals surface area contributed by atoms with Crippen molar-refractivity contribution in [2.75, 3.05) is 31.1 Å². The van der Waals surface area contributed by atoms with E-state index in [9.17, 15) is 22.0 Å². The Morgan fingerprint density at radius 3 is 1.59 bits per heavy atom. The van der Waals surface area contributed by atoms with Crippen LogP contribution in [0, 0.1) is 29.1 Å². The van der Waals surface area contributed by atoms with Crippen LogP contribution in [0.5, 0.6) is 0 Å². The van der Waals surface area contributed by atoms with E-state index >= 15 is 0 Å². The number of hydrogen-bond acceptors (Lipinski definition) is 1. The molecule has 0 atom stereocenters. The summed E-state index contributed by atoms with van der Waals surface area (Å²) in [5, 5.41) is 1.91. The van der Waals surface area contributed by atoms with E-state index in [4.69, 9.17) is 0 Å². The average Bonchev–Trinajstić information content (AvgIpc) is 2.36. The third kappa shape index (κ3) is 1.95.